The van der Waals surface area contributed by atoms with Gasteiger partial charge >= 0.3 is 0 Å². The zero-order chi connectivity index (χ0) is 6.85. The molecular weight excluding hydrogens is 116 g/mol. The van der Waals surface area contributed by atoms with Crippen LogP contribution in [-0.4, -0.2) is 19.0 Å². The van der Waals surface area contributed by atoms with Gasteiger partial charge in [-0.25, -0.2) is 0 Å². The van der Waals surface area contributed by atoms with Crippen LogP contribution in [0.2, 0.25) is 0 Å². The molecule has 0 aromatic heterocycles. The molecule has 0 amide bonds. The Morgan fingerprint density at radius 2 is 2.22 bits per heavy atom. The molecule has 0 aliphatic carbocycles. The van der Waals surface area contributed by atoms with Crippen molar-refractivity contribution in [1.82, 2.24) is 0 Å². The molecule has 0 N–H and O–H groups in total. The van der Waals surface area contributed by atoms with Crippen molar-refractivity contribution in [2.45, 2.75) is 13.8 Å². The van der Waals surface area contributed by atoms with E-state index >= 15 is 0 Å². The number of carbonyl (C=O) groups excluding carboxylic acids is 1. The van der Waals surface area contributed by atoms with E-state index < -0.39 is 0 Å². The van der Waals surface area contributed by atoms with Gasteiger partial charge < -0.3 is 4.74 Å². The molecule has 0 radical (unpaired) electrons. The predicted octanol–water partition coefficient (Wildman–Crippen LogP) is 0.858. The molecule has 52 valence electrons. The van der Waals surface area contributed by atoms with Crippen molar-refractivity contribution in [3.05, 3.63) is 0 Å². The summed E-state index contributed by atoms with van der Waals surface area (Å²) in [6, 6.07) is 0. The normalized spacial score (nSPS) is 36.9. The minimum Gasteiger partial charge on any atom is -0.373 e. The smallest absolute Gasteiger partial charge is 0.161 e. The zero-order valence-corrected chi connectivity index (χ0v) is 5.89. The third-order valence-corrected chi connectivity index (χ3v) is 1.99. The van der Waals surface area contributed by atoms with Crippen LogP contribution >= 0.6 is 0 Å². The lowest BCUT2D eigenvalue weighted by Crippen LogP contribution is -2.32. The van der Waals surface area contributed by atoms with Gasteiger partial charge in [-0.05, 0) is 5.92 Å². The van der Waals surface area contributed by atoms with E-state index in [9.17, 15) is 4.79 Å². The van der Waals surface area contributed by atoms with Gasteiger partial charge in [0.05, 0.1) is 6.61 Å². The quantitative estimate of drug-likeness (QED) is 0.483. The maximum absolute atomic E-state index is 10.9. The minimum absolute atomic E-state index is 0.207. The monoisotopic (exact) mass is 128 g/mol. The first-order chi connectivity index (χ1) is 4.22. The second kappa shape index (κ2) is 2.48. The highest BCUT2D eigenvalue weighted by Gasteiger charge is 2.24. The summed E-state index contributed by atoms with van der Waals surface area (Å²) in [5.41, 5.74) is 0. The molecule has 1 aliphatic rings. The number of hydrogen-bond acceptors (Lipinski definition) is 2. The van der Waals surface area contributed by atoms with Gasteiger partial charge in [-0.3, -0.25) is 4.79 Å². The number of Topliss-reactive ketones (excluding diaryl/α,β-unsaturated/α-hetero) is 1. The summed E-state index contributed by atoms with van der Waals surface area (Å²) in [6.45, 7) is 5.08. The van der Waals surface area contributed by atoms with Gasteiger partial charge in [-0.15, -0.1) is 0 Å². The fourth-order valence-electron chi connectivity index (χ4n) is 0.939. The lowest BCUT2D eigenvalue weighted by molar-refractivity contribution is -0.135. The highest BCUT2D eigenvalue weighted by atomic mass is 16.5. The Morgan fingerprint density at radius 1 is 1.56 bits per heavy atom. The lowest BCUT2D eigenvalue weighted by Gasteiger charge is -2.23. The van der Waals surface area contributed by atoms with Crippen LogP contribution in [0.3, 0.4) is 0 Å². The molecule has 1 aliphatic heterocycles. The molecule has 9 heavy (non-hydrogen) atoms. The predicted molar refractivity (Wildman–Crippen MR) is 34.2 cm³/mol. The molecule has 0 saturated carbocycles. The van der Waals surface area contributed by atoms with E-state index in [0.717, 1.165) is 6.61 Å². The molecule has 0 bridgehead atoms. The minimum atomic E-state index is 0.207. The third-order valence-electron chi connectivity index (χ3n) is 1.99. The largest absolute Gasteiger partial charge is 0.373 e. The van der Waals surface area contributed by atoms with E-state index in [1.54, 1.807) is 0 Å². The van der Waals surface area contributed by atoms with Crippen LogP contribution in [0.1, 0.15) is 13.8 Å². The summed E-state index contributed by atoms with van der Waals surface area (Å²) in [7, 11) is 0. The second-order valence-electron chi connectivity index (χ2n) is 2.75. The fourth-order valence-corrected chi connectivity index (χ4v) is 0.939. The van der Waals surface area contributed by atoms with Crippen molar-refractivity contribution in [2.75, 3.05) is 13.2 Å². The van der Waals surface area contributed by atoms with Crippen LogP contribution in [0.25, 0.3) is 0 Å². The third kappa shape index (κ3) is 1.30. The fraction of sp³-hybridized carbons (Fsp3) is 0.857. The van der Waals surface area contributed by atoms with Gasteiger partial charge in [0.2, 0.25) is 0 Å². The Balaban J connectivity index is 2.51. The van der Waals surface area contributed by atoms with E-state index in [1.165, 1.54) is 0 Å². The van der Waals surface area contributed by atoms with Crippen LogP contribution in [0.15, 0.2) is 0 Å². The zero-order valence-electron chi connectivity index (χ0n) is 5.89. The summed E-state index contributed by atoms with van der Waals surface area (Å²) in [5, 5.41) is 0. The van der Waals surface area contributed by atoms with Crippen LogP contribution in [-0.2, 0) is 9.53 Å². The Kier molecular flexibility index (Phi) is 1.86. The van der Waals surface area contributed by atoms with Gasteiger partial charge in [-0.1, -0.05) is 13.8 Å². The topological polar surface area (TPSA) is 26.3 Å². The highest BCUT2D eigenvalue weighted by molar-refractivity contribution is 5.82. The van der Waals surface area contributed by atoms with E-state index in [1.807, 2.05) is 13.8 Å². The van der Waals surface area contributed by atoms with Crippen LogP contribution in [0, 0.1) is 11.8 Å². The van der Waals surface area contributed by atoms with E-state index in [4.69, 9.17) is 4.74 Å². The maximum atomic E-state index is 10.9. The number of rotatable bonds is 0. The SMILES string of the molecule is C[C@@H]1C(=O)COC[C@@H]1C. The number of ether oxygens (including phenoxy) is 1. The molecule has 0 aromatic rings. The van der Waals surface area contributed by atoms with Crippen molar-refractivity contribution in [3.63, 3.8) is 0 Å². The van der Waals surface area contributed by atoms with Crippen LogP contribution < -0.4 is 0 Å². The summed E-state index contributed by atoms with van der Waals surface area (Å²) >= 11 is 0. The first-order valence-corrected chi connectivity index (χ1v) is 3.32. The Labute approximate surface area is 55.2 Å². The highest BCUT2D eigenvalue weighted by Crippen LogP contribution is 2.16. The Hall–Kier alpha value is -0.370. The van der Waals surface area contributed by atoms with Gasteiger partial charge in [0, 0.05) is 5.92 Å². The molecule has 0 aromatic carbocycles. The molecule has 1 saturated heterocycles. The Bertz CT molecular complexity index is 120. The molecule has 0 spiro atoms. The van der Waals surface area contributed by atoms with E-state index in [-0.39, 0.29) is 11.7 Å². The first kappa shape index (κ1) is 6.75. The summed E-state index contributed by atoms with van der Waals surface area (Å²) in [4.78, 5) is 10.9. The molecule has 0 unspecified atom stereocenters. The molecule has 2 nitrogen and oxygen atoms in total. The van der Waals surface area contributed by atoms with Gasteiger partial charge in [-0.2, -0.15) is 0 Å². The van der Waals surface area contributed by atoms with Crippen molar-refractivity contribution in [3.8, 4) is 0 Å². The molecule has 2 atom stereocenters. The van der Waals surface area contributed by atoms with Crippen molar-refractivity contribution in [2.24, 2.45) is 11.8 Å². The van der Waals surface area contributed by atoms with Gasteiger partial charge in [0.1, 0.15) is 6.61 Å². The molecule has 1 heterocycles. The maximum Gasteiger partial charge on any atom is 0.161 e. The van der Waals surface area contributed by atoms with Crippen LogP contribution in [0.5, 0.6) is 0 Å². The van der Waals surface area contributed by atoms with Gasteiger partial charge in [0.15, 0.2) is 5.78 Å². The summed E-state index contributed by atoms with van der Waals surface area (Å²) < 4.78 is 5.01. The van der Waals surface area contributed by atoms with Crippen LogP contribution in [0.4, 0.5) is 0 Å². The average molecular weight is 128 g/mol. The lowest BCUT2D eigenvalue weighted by atomic mass is 9.91. The summed E-state index contributed by atoms with van der Waals surface area (Å²) in [6.07, 6.45) is 0. The van der Waals surface area contributed by atoms with E-state index in [0.29, 0.717) is 12.5 Å². The summed E-state index contributed by atoms with van der Waals surface area (Å²) in [5.74, 6) is 0.860. The molecule has 1 rings (SSSR count). The van der Waals surface area contributed by atoms with Gasteiger partial charge in [0.25, 0.3) is 0 Å². The first-order valence-electron chi connectivity index (χ1n) is 3.32. The number of carbonyl (C=O) groups is 1. The number of ketones is 1. The van der Waals surface area contributed by atoms with Crippen molar-refractivity contribution in [1.29, 1.82) is 0 Å². The average Bonchev–Trinajstić information content (AvgIpc) is 1.83. The number of hydrogen-bond donors (Lipinski definition) is 0. The van der Waals surface area contributed by atoms with Crippen molar-refractivity contribution < 1.29 is 9.53 Å². The standard InChI is InChI=1S/C7H12O2/c1-5-3-9-4-7(8)6(5)2/h5-6H,3-4H2,1-2H3/t5-,6-/m0/s1. The van der Waals surface area contributed by atoms with E-state index in [2.05, 4.69) is 0 Å². The Morgan fingerprint density at radius 3 is 2.67 bits per heavy atom. The molecule has 2 heteroatoms. The molecular formula is C7H12O2. The van der Waals surface area contributed by atoms with Crippen molar-refractivity contribution >= 4 is 5.78 Å². The molecule has 1 fully saturated rings. The second-order valence-corrected chi connectivity index (χ2v) is 2.75.